The molecule has 1 aromatic carbocycles. The number of carboxylic acid groups (broad SMARTS) is 1. The highest BCUT2D eigenvalue weighted by Gasteiger charge is 2.31. The lowest BCUT2D eigenvalue weighted by Crippen LogP contribution is -2.45. The molecule has 8 nitrogen and oxygen atoms in total. The van der Waals surface area contributed by atoms with E-state index in [1.165, 1.54) is 7.11 Å². The molecule has 0 fully saturated rings. The molecule has 9 heteroatoms. The quantitative estimate of drug-likeness (QED) is 0.479. The molecule has 0 amide bonds. The van der Waals surface area contributed by atoms with E-state index in [0.717, 1.165) is 0 Å². The van der Waals surface area contributed by atoms with Crippen molar-refractivity contribution in [3.8, 4) is 11.5 Å². The Morgan fingerprint density at radius 3 is 2.62 bits per heavy atom. The van der Waals surface area contributed by atoms with Crippen molar-refractivity contribution < 1.29 is 28.9 Å². The fraction of sp³-hybridized carbons (Fsp3) is 0.353. The zero-order valence-electron chi connectivity index (χ0n) is 14.6. The number of hydrogen-bond donors (Lipinski definition) is 3. The fourth-order valence-corrected chi connectivity index (χ4v) is 2.83. The van der Waals surface area contributed by atoms with Gasteiger partial charge in [-0.25, -0.2) is 9.59 Å². The Morgan fingerprint density at radius 1 is 1.27 bits per heavy atom. The molecule has 26 heavy (non-hydrogen) atoms. The van der Waals surface area contributed by atoms with Gasteiger partial charge < -0.3 is 30.0 Å². The average Bonchev–Trinajstić information content (AvgIpc) is 2.59. The zero-order valence-corrected chi connectivity index (χ0v) is 15.4. The van der Waals surface area contributed by atoms with E-state index in [9.17, 15) is 9.59 Å². The van der Waals surface area contributed by atoms with E-state index in [1.54, 1.807) is 32.0 Å². The van der Waals surface area contributed by atoms with Crippen LogP contribution in [0.15, 0.2) is 29.5 Å². The molecule has 0 radical (unpaired) electrons. The molecule has 1 aliphatic heterocycles. The minimum absolute atomic E-state index is 0.301. The number of esters is 1. The van der Waals surface area contributed by atoms with Crippen LogP contribution in [0.1, 0.15) is 25.5 Å². The van der Waals surface area contributed by atoms with Crippen LogP contribution in [0.3, 0.4) is 0 Å². The molecule has 0 spiro atoms. The minimum Gasteiger partial charge on any atom is -0.490 e. The van der Waals surface area contributed by atoms with Gasteiger partial charge in [0.1, 0.15) is 0 Å². The lowest BCUT2D eigenvalue weighted by Gasteiger charge is -2.30. The van der Waals surface area contributed by atoms with E-state index >= 15 is 0 Å². The SMILES string of the molecule is CCOc1cc([C@@H]2NC(=S)NC(C)=C2C(=O)OC)ccc1OCC(=O)O. The Kier molecular flexibility index (Phi) is 6.40. The Morgan fingerprint density at radius 2 is 2.00 bits per heavy atom. The first kappa shape index (κ1) is 19.5. The number of rotatable bonds is 7. The standard InChI is InChI=1S/C17H20N2O6S/c1-4-24-12-7-10(5-6-11(12)25-8-13(20)21)15-14(16(22)23-3)9(2)18-17(26)19-15/h5-7,15H,4,8H2,1-3H3,(H,20,21)(H2,18,19,26)/t15-/m0/s1. The fourth-order valence-electron chi connectivity index (χ4n) is 2.56. The summed E-state index contributed by atoms with van der Waals surface area (Å²) in [6, 6.07) is 4.45. The second kappa shape index (κ2) is 8.52. The first-order valence-electron chi connectivity index (χ1n) is 7.85. The zero-order chi connectivity index (χ0) is 19.3. The number of carboxylic acids is 1. The molecule has 1 aromatic rings. The van der Waals surface area contributed by atoms with Gasteiger partial charge >= 0.3 is 11.9 Å². The molecule has 1 aliphatic rings. The van der Waals surface area contributed by atoms with Crippen molar-refractivity contribution in [3.63, 3.8) is 0 Å². The van der Waals surface area contributed by atoms with Gasteiger partial charge in [-0.2, -0.15) is 0 Å². The minimum atomic E-state index is -1.09. The molecule has 0 saturated carbocycles. The molecule has 2 rings (SSSR count). The largest absolute Gasteiger partial charge is 0.490 e. The summed E-state index contributed by atoms with van der Waals surface area (Å²) in [5.74, 6) is -0.901. The molecule has 140 valence electrons. The van der Waals surface area contributed by atoms with Crippen LogP contribution in [0.4, 0.5) is 0 Å². The molecule has 0 aliphatic carbocycles. The highest BCUT2D eigenvalue weighted by atomic mass is 32.1. The maximum atomic E-state index is 12.2. The van der Waals surface area contributed by atoms with Crippen molar-refractivity contribution in [2.24, 2.45) is 0 Å². The van der Waals surface area contributed by atoms with Gasteiger partial charge in [-0.05, 0) is 43.8 Å². The van der Waals surface area contributed by atoms with Gasteiger partial charge in [0.2, 0.25) is 0 Å². The van der Waals surface area contributed by atoms with E-state index in [1.807, 2.05) is 0 Å². The van der Waals surface area contributed by atoms with Crippen LogP contribution in [0.2, 0.25) is 0 Å². The van der Waals surface area contributed by atoms with Gasteiger partial charge in [0.05, 0.1) is 25.3 Å². The predicted octanol–water partition coefficient (Wildman–Crippen LogP) is 1.51. The van der Waals surface area contributed by atoms with Crippen LogP contribution in [-0.2, 0) is 14.3 Å². The van der Waals surface area contributed by atoms with Crippen molar-refractivity contribution in [1.82, 2.24) is 10.6 Å². The lowest BCUT2D eigenvalue weighted by molar-refractivity contribution is -0.139. The number of carbonyl (C=O) groups is 2. The van der Waals surface area contributed by atoms with Gasteiger partial charge in [-0.3, -0.25) is 0 Å². The summed E-state index contributed by atoms with van der Waals surface area (Å²) in [7, 11) is 1.31. The van der Waals surface area contributed by atoms with Crippen LogP contribution >= 0.6 is 12.2 Å². The first-order chi connectivity index (χ1) is 12.4. The summed E-state index contributed by atoms with van der Waals surface area (Å²) in [4.78, 5) is 22.9. The number of hydrogen-bond acceptors (Lipinski definition) is 6. The van der Waals surface area contributed by atoms with Gasteiger partial charge in [0.15, 0.2) is 23.2 Å². The predicted molar refractivity (Wildman–Crippen MR) is 97.1 cm³/mol. The molecule has 0 saturated heterocycles. The number of methoxy groups -OCH3 is 1. The molecule has 0 bridgehead atoms. The summed E-state index contributed by atoms with van der Waals surface area (Å²) in [6.07, 6.45) is 0. The van der Waals surface area contributed by atoms with Crippen LogP contribution in [0, 0.1) is 0 Å². The number of benzene rings is 1. The molecule has 3 N–H and O–H groups in total. The Balaban J connectivity index is 2.43. The van der Waals surface area contributed by atoms with Crippen molar-refractivity contribution in [2.75, 3.05) is 20.3 Å². The highest BCUT2D eigenvalue weighted by Crippen LogP contribution is 2.34. The highest BCUT2D eigenvalue weighted by molar-refractivity contribution is 7.80. The van der Waals surface area contributed by atoms with Crippen LogP contribution in [-0.4, -0.2) is 42.5 Å². The molecular weight excluding hydrogens is 360 g/mol. The third-order valence-corrected chi connectivity index (χ3v) is 3.85. The van der Waals surface area contributed by atoms with Crippen LogP contribution < -0.4 is 20.1 Å². The second-order valence-corrected chi connectivity index (χ2v) is 5.79. The summed E-state index contributed by atoms with van der Waals surface area (Å²) in [5.41, 5.74) is 1.68. The number of allylic oxidation sites excluding steroid dienone is 1. The van der Waals surface area contributed by atoms with Crippen LogP contribution in [0.25, 0.3) is 0 Å². The van der Waals surface area contributed by atoms with Crippen molar-refractivity contribution in [2.45, 2.75) is 19.9 Å². The topological polar surface area (TPSA) is 106 Å². The average molecular weight is 380 g/mol. The summed E-state index contributed by atoms with van der Waals surface area (Å²) in [6.45, 7) is 3.42. The number of thiocarbonyl (C=S) groups is 1. The third-order valence-electron chi connectivity index (χ3n) is 3.63. The molecule has 1 atom stereocenters. The summed E-state index contributed by atoms with van der Waals surface area (Å²) in [5, 5.41) is 15.1. The van der Waals surface area contributed by atoms with Crippen LogP contribution in [0.5, 0.6) is 11.5 Å². The lowest BCUT2D eigenvalue weighted by atomic mass is 9.95. The summed E-state index contributed by atoms with van der Waals surface area (Å²) >= 11 is 5.19. The van der Waals surface area contributed by atoms with E-state index < -0.39 is 24.6 Å². The van der Waals surface area contributed by atoms with E-state index in [0.29, 0.717) is 40.1 Å². The normalized spacial score (nSPS) is 16.4. The number of carbonyl (C=O) groups excluding carboxylic acids is 1. The van der Waals surface area contributed by atoms with Gasteiger partial charge in [0, 0.05) is 5.70 Å². The molecular formula is C17H20N2O6S. The number of nitrogens with one attached hydrogen (secondary N) is 2. The van der Waals surface area contributed by atoms with Gasteiger partial charge in [-0.15, -0.1) is 0 Å². The van der Waals surface area contributed by atoms with Gasteiger partial charge in [-0.1, -0.05) is 6.07 Å². The smallest absolute Gasteiger partial charge is 0.341 e. The van der Waals surface area contributed by atoms with E-state index in [-0.39, 0.29) is 0 Å². The monoisotopic (exact) mass is 380 g/mol. The van der Waals surface area contributed by atoms with Crippen molar-refractivity contribution in [1.29, 1.82) is 0 Å². The van der Waals surface area contributed by atoms with Crippen molar-refractivity contribution in [3.05, 3.63) is 35.0 Å². The summed E-state index contributed by atoms with van der Waals surface area (Å²) < 4.78 is 15.7. The van der Waals surface area contributed by atoms with Gasteiger partial charge in [0.25, 0.3) is 0 Å². The van der Waals surface area contributed by atoms with E-state index in [4.69, 9.17) is 31.5 Å². The molecule has 0 unspecified atom stereocenters. The molecule has 1 heterocycles. The number of aliphatic carboxylic acids is 1. The second-order valence-electron chi connectivity index (χ2n) is 5.38. The number of ether oxygens (including phenoxy) is 3. The van der Waals surface area contributed by atoms with E-state index in [2.05, 4.69) is 10.6 Å². The Hall–Kier alpha value is -2.81. The first-order valence-corrected chi connectivity index (χ1v) is 8.26. The maximum Gasteiger partial charge on any atom is 0.341 e. The van der Waals surface area contributed by atoms with Crippen molar-refractivity contribution >= 4 is 29.3 Å². The maximum absolute atomic E-state index is 12.2. The third kappa shape index (κ3) is 4.42. The Labute approximate surface area is 156 Å². The Bertz CT molecular complexity index is 762. The molecule has 0 aromatic heterocycles.